The molecule has 1 fully saturated rings. The zero-order valence-electron chi connectivity index (χ0n) is 12.9. The van der Waals surface area contributed by atoms with Gasteiger partial charge in [-0.05, 0) is 44.3 Å². The summed E-state index contributed by atoms with van der Waals surface area (Å²) in [6.45, 7) is 5.92. The van der Waals surface area contributed by atoms with Crippen LogP contribution in [0.3, 0.4) is 0 Å². The summed E-state index contributed by atoms with van der Waals surface area (Å²) in [5.74, 6) is 0.686. The van der Waals surface area contributed by atoms with Crippen LogP contribution in [0.25, 0.3) is 0 Å². The maximum atomic E-state index is 11.6. The van der Waals surface area contributed by atoms with Crippen LogP contribution in [-0.4, -0.2) is 36.5 Å². The first-order valence-electron chi connectivity index (χ1n) is 7.92. The molecule has 4 heteroatoms. The molecule has 1 aromatic rings. The predicted octanol–water partition coefficient (Wildman–Crippen LogP) is 1.75. The minimum absolute atomic E-state index is 0.0577. The lowest BCUT2D eigenvalue weighted by atomic mass is 9.96. The number of hydrogen-bond donors (Lipinski definition) is 2. The third-order valence-corrected chi connectivity index (χ3v) is 4.05. The van der Waals surface area contributed by atoms with Crippen molar-refractivity contribution in [2.75, 3.05) is 19.6 Å². The minimum atomic E-state index is -0.0577. The first-order valence-corrected chi connectivity index (χ1v) is 7.92. The lowest BCUT2D eigenvalue weighted by Gasteiger charge is -2.32. The van der Waals surface area contributed by atoms with E-state index in [1.54, 1.807) is 0 Å². The van der Waals surface area contributed by atoms with Crippen molar-refractivity contribution in [3.63, 3.8) is 0 Å². The lowest BCUT2D eigenvalue weighted by Crippen LogP contribution is -2.39. The van der Waals surface area contributed by atoms with E-state index >= 15 is 0 Å². The van der Waals surface area contributed by atoms with Crippen molar-refractivity contribution >= 4 is 5.91 Å². The molecular formula is C17H27N3O. The van der Waals surface area contributed by atoms with Gasteiger partial charge in [-0.25, -0.2) is 0 Å². The molecule has 1 heterocycles. The average molecular weight is 289 g/mol. The van der Waals surface area contributed by atoms with Crippen molar-refractivity contribution < 1.29 is 4.79 Å². The quantitative estimate of drug-likeness (QED) is 0.839. The maximum absolute atomic E-state index is 11.6. The fraction of sp³-hybridized carbons (Fsp3) is 0.588. The Morgan fingerprint density at radius 2 is 2.00 bits per heavy atom. The Balaban J connectivity index is 1.65. The number of likely N-dealkylation sites (tertiary alicyclic amines) is 1. The monoisotopic (exact) mass is 289 g/mol. The van der Waals surface area contributed by atoms with E-state index < -0.39 is 0 Å². The lowest BCUT2D eigenvalue weighted by molar-refractivity contribution is -0.121. The van der Waals surface area contributed by atoms with Gasteiger partial charge in [-0.15, -0.1) is 0 Å². The molecule has 0 aliphatic carbocycles. The van der Waals surface area contributed by atoms with Crippen LogP contribution in [0, 0.1) is 5.92 Å². The normalized spacial score (nSPS) is 18.4. The van der Waals surface area contributed by atoms with Crippen molar-refractivity contribution in [2.45, 2.75) is 38.8 Å². The topological polar surface area (TPSA) is 58.4 Å². The van der Waals surface area contributed by atoms with E-state index in [2.05, 4.69) is 40.5 Å². The third kappa shape index (κ3) is 5.86. The van der Waals surface area contributed by atoms with Crippen LogP contribution in [0.5, 0.6) is 0 Å². The zero-order chi connectivity index (χ0) is 15.1. The predicted molar refractivity (Wildman–Crippen MR) is 85.7 cm³/mol. The standard InChI is InChI=1S/C17H27N3O/c1-14(18)11-17(21)19-12-15-7-9-20(10-8-15)13-16-5-3-2-4-6-16/h2-6,14-15H,7-13,18H2,1H3,(H,19,21). The molecule has 1 unspecified atom stereocenters. The molecule has 0 spiro atoms. The number of carbonyl (C=O) groups is 1. The molecule has 1 aromatic carbocycles. The molecule has 116 valence electrons. The number of amides is 1. The molecule has 0 aromatic heterocycles. The number of hydrogen-bond acceptors (Lipinski definition) is 3. The number of rotatable bonds is 6. The van der Waals surface area contributed by atoms with E-state index in [9.17, 15) is 4.79 Å². The summed E-state index contributed by atoms with van der Waals surface area (Å²) < 4.78 is 0. The van der Waals surface area contributed by atoms with Gasteiger partial charge in [0.2, 0.25) is 5.91 Å². The number of benzene rings is 1. The van der Waals surface area contributed by atoms with E-state index in [-0.39, 0.29) is 11.9 Å². The Bertz CT molecular complexity index is 425. The van der Waals surface area contributed by atoms with E-state index in [0.717, 1.165) is 39.0 Å². The molecule has 1 aliphatic heterocycles. The average Bonchev–Trinajstić information content (AvgIpc) is 2.47. The van der Waals surface area contributed by atoms with Crippen LogP contribution in [0.1, 0.15) is 31.7 Å². The number of carbonyl (C=O) groups excluding carboxylic acids is 1. The number of nitrogens with zero attached hydrogens (tertiary/aromatic N) is 1. The second-order valence-electron chi connectivity index (χ2n) is 6.19. The van der Waals surface area contributed by atoms with Gasteiger partial charge in [0, 0.05) is 25.6 Å². The summed E-state index contributed by atoms with van der Waals surface area (Å²) >= 11 is 0. The fourth-order valence-corrected chi connectivity index (χ4v) is 2.81. The van der Waals surface area contributed by atoms with Crippen molar-refractivity contribution in [2.24, 2.45) is 11.7 Å². The smallest absolute Gasteiger partial charge is 0.221 e. The third-order valence-electron chi connectivity index (χ3n) is 4.05. The Hall–Kier alpha value is -1.39. The molecule has 0 bridgehead atoms. The molecule has 4 nitrogen and oxygen atoms in total. The molecule has 2 rings (SSSR count). The highest BCUT2D eigenvalue weighted by molar-refractivity contribution is 5.76. The van der Waals surface area contributed by atoms with Crippen molar-refractivity contribution in [1.82, 2.24) is 10.2 Å². The fourth-order valence-electron chi connectivity index (χ4n) is 2.81. The second kappa shape index (κ2) is 8.15. The van der Waals surface area contributed by atoms with Gasteiger partial charge in [0.05, 0.1) is 0 Å². The molecule has 0 saturated carbocycles. The van der Waals surface area contributed by atoms with E-state index in [0.29, 0.717) is 12.3 Å². The summed E-state index contributed by atoms with van der Waals surface area (Å²) in [5, 5.41) is 3.01. The Morgan fingerprint density at radius 3 is 2.62 bits per heavy atom. The van der Waals surface area contributed by atoms with Gasteiger partial charge in [-0.2, -0.15) is 0 Å². The van der Waals surface area contributed by atoms with Crippen molar-refractivity contribution in [3.05, 3.63) is 35.9 Å². The first-order chi connectivity index (χ1) is 10.1. The van der Waals surface area contributed by atoms with Crippen LogP contribution in [0.4, 0.5) is 0 Å². The van der Waals surface area contributed by atoms with Gasteiger partial charge in [-0.3, -0.25) is 9.69 Å². The Morgan fingerprint density at radius 1 is 1.33 bits per heavy atom. The van der Waals surface area contributed by atoms with Gasteiger partial charge in [0.15, 0.2) is 0 Å². The molecular weight excluding hydrogens is 262 g/mol. The highest BCUT2D eigenvalue weighted by atomic mass is 16.1. The summed E-state index contributed by atoms with van der Waals surface area (Å²) in [5.41, 5.74) is 7.00. The Labute approximate surface area is 127 Å². The molecule has 0 radical (unpaired) electrons. The van der Waals surface area contributed by atoms with Crippen LogP contribution < -0.4 is 11.1 Å². The van der Waals surface area contributed by atoms with Crippen LogP contribution in [0.2, 0.25) is 0 Å². The molecule has 21 heavy (non-hydrogen) atoms. The van der Waals surface area contributed by atoms with Gasteiger partial charge in [-0.1, -0.05) is 30.3 Å². The van der Waals surface area contributed by atoms with Crippen molar-refractivity contribution in [3.8, 4) is 0 Å². The molecule has 3 N–H and O–H groups in total. The summed E-state index contributed by atoms with van der Waals surface area (Å²) in [4.78, 5) is 14.1. The van der Waals surface area contributed by atoms with Crippen molar-refractivity contribution in [1.29, 1.82) is 0 Å². The highest BCUT2D eigenvalue weighted by Crippen LogP contribution is 2.18. The SMILES string of the molecule is CC(N)CC(=O)NCC1CCN(Cc2ccccc2)CC1. The first kappa shape index (κ1) is 16.0. The summed E-state index contributed by atoms with van der Waals surface area (Å²) in [6, 6.07) is 10.5. The largest absolute Gasteiger partial charge is 0.356 e. The molecule has 1 saturated heterocycles. The molecule has 1 amide bonds. The highest BCUT2D eigenvalue weighted by Gasteiger charge is 2.19. The van der Waals surface area contributed by atoms with Gasteiger partial charge >= 0.3 is 0 Å². The molecule has 1 atom stereocenters. The van der Waals surface area contributed by atoms with Gasteiger partial charge in [0.25, 0.3) is 0 Å². The van der Waals surface area contributed by atoms with E-state index in [1.165, 1.54) is 5.56 Å². The maximum Gasteiger partial charge on any atom is 0.221 e. The summed E-state index contributed by atoms with van der Waals surface area (Å²) in [6.07, 6.45) is 2.74. The van der Waals surface area contributed by atoms with Gasteiger partial charge < -0.3 is 11.1 Å². The molecule has 1 aliphatic rings. The summed E-state index contributed by atoms with van der Waals surface area (Å²) in [7, 11) is 0. The van der Waals surface area contributed by atoms with Crippen LogP contribution in [0.15, 0.2) is 30.3 Å². The van der Waals surface area contributed by atoms with Crippen LogP contribution in [-0.2, 0) is 11.3 Å². The second-order valence-corrected chi connectivity index (χ2v) is 6.19. The number of nitrogens with one attached hydrogen (secondary N) is 1. The zero-order valence-corrected chi connectivity index (χ0v) is 12.9. The van der Waals surface area contributed by atoms with E-state index in [1.807, 2.05) is 6.92 Å². The van der Waals surface area contributed by atoms with Gasteiger partial charge in [0.1, 0.15) is 0 Å². The van der Waals surface area contributed by atoms with E-state index in [4.69, 9.17) is 5.73 Å². The Kier molecular flexibility index (Phi) is 6.21. The minimum Gasteiger partial charge on any atom is -0.356 e. The number of nitrogens with two attached hydrogens (primary N) is 1. The van der Waals surface area contributed by atoms with Crippen LogP contribution >= 0.6 is 0 Å². The number of piperidine rings is 1.